The third-order valence-corrected chi connectivity index (χ3v) is 6.32. The molecule has 0 fully saturated rings. The van der Waals surface area contributed by atoms with Crippen molar-refractivity contribution in [2.75, 3.05) is 0 Å². The predicted molar refractivity (Wildman–Crippen MR) is 116 cm³/mol. The minimum atomic E-state index is -0.147. The van der Waals surface area contributed by atoms with Crippen LogP contribution in [0, 0.1) is 0 Å². The van der Waals surface area contributed by atoms with E-state index in [1.165, 1.54) is 5.56 Å². The van der Waals surface area contributed by atoms with Gasteiger partial charge in [0.05, 0.1) is 16.7 Å². The second-order valence-corrected chi connectivity index (χ2v) is 10.1. The fourth-order valence-corrected chi connectivity index (χ4v) is 4.38. The molecule has 29 heavy (non-hydrogen) atoms. The first kappa shape index (κ1) is 19.8. The number of rotatable bonds is 6. The number of thiophene rings is 1. The predicted octanol–water partition coefficient (Wildman–Crippen LogP) is 5.59. The van der Waals surface area contributed by atoms with Crippen LogP contribution in [0.15, 0.2) is 57.5 Å². The molecule has 8 heteroatoms. The molecule has 6 nitrogen and oxygen atoms in total. The highest BCUT2D eigenvalue weighted by Crippen LogP contribution is 2.36. The number of thioether (sulfide) groups is 1. The quantitative estimate of drug-likeness (QED) is 0.375. The van der Waals surface area contributed by atoms with E-state index in [0.29, 0.717) is 18.3 Å². The van der Waals surface area contributed by atoms with E-state index >= 15 is 0 Å². The number of benzene rings is 1. The Labute approximate surface area is 178 Å². The van der Waals surface area contributed by atoms with Crippen molar-refractivity contribution in [2.45, 2.75) is 50.1 Å². The molecule has 1 aromatic carbocycles. The monoisotopic (exact) mass is 425 g/mol. The summed E-state index contributed by atoms with van der Waals surface area (Å²) in [4.78, 5) is 5.69. The zero-order valence-corrected chi connectivity index (χ0v) is 18.5. The topological polar surface area (TPSA) is 69.6 Å². The first-order valence-corrected chi connectivity index (χ1v) is 11.2. The van der Waals surface area contributed by atoms with Crippen LogP contribution in [-0.2, 0) is 12.0 Å². The van der Waals surface area contributed by atoms with Gasteiger partial charge in [-0.25, -0.2) is 0 Å². The van der Waals surface area contributed by atoms with Gasteiger partial charge >= 0.3 is 0 Å². The van der Waals surface area contributed by atoms with Gasteiger partial charge in [0.1, 0.15) is 0 Å². The van der Waals surface area contributed by atoms with E-state index in [0.717, 1.165) is 15.9 Å². The summed E-state index contributed by atoms with van der Waals surface area (Å²) in [5.41, 5.74) is 1.05. The van der Waals surface area contributed by atoms with Gasteiger partial charge in [0.2, 0.25) is 5.89 Å². The maximum absolute atomic E-state index is 5.53. The molecule has 1 atom stereocenters. The Kier molecular flexibility index (Phi) is 5.56. The zero-order chi connectivity index (χ0) is 20.4. The first-order valence-electron chi connectivity index (χ1n) is 9.43. The Balaban J connectivity index is 1.64. The molecule has 4 rings (SSSR count). The molecule has 0 saturated carbocycles. The number of hydrogen-bond acceptors (Lipinski definition) is 7. The lowest BCUT2D eigenvalue weighted by molar-refractivity contribution is 0.364. The molecule has 150 valence electrons. The molecule has 0 spiro atoms. The highest BCUT2D eigenvalue weighted by molar-refractivity contribution is 7.99. The van der Waals surface area contributed by atoms with Crippen LogP contribution in [0.3, 0.4) is 0 Å². The molecular formula is C21H23N5OS2. The molecule has 0 saturated heterocycles. The van der Waals surface area contributed by atoms with Crippen molar-refractivity contribution in [3.05, 3.63) is 65.1 Å². The minimum Gasteiger partial charge on any atom is -0.338 e. The van der Waals surface area contributed by atoms with Crippen LogP contribution in [-0.4, -0.2) is 24.9 Å². The summed E-state index contributed by atoms with van der Waals surface area (Å²) in [6.07, 6.45) is 0. The Morgan fingerprint density at radius 2 is 1.90 bits per heavy atom. The van der Waals surface area contributed by atoms with E-state index in [9.17, 15) is 0 Å². The molecule has 0 unspecified atom stereocenters. The second kappa shape index (κ2) is 8.12. The van der Waals surface area contributed by atoms with Gasteiger partial charge in [0, 0.05) is 5.41 Å². The molecule has 0 aliphatic rings. The van der Waals surface area contributed by atoms with E-state index in [2.05, 4.69) is 76.2 Å². The maximum atomic E-state index is 5.53. The van der Waals surface area contributed by atoms with Gasteiger partial charge in [0.15, 0.2) is 16.8 Å². The highest BCUT2D eigenvalue weighted by Gasteiger charge is 2.25. The SMILES string of the molecule is C[C@@H](Sc1nnc(-c2cccs2)n1Cc1ccccc1)c1nc(C(C)(C)C)no1. The van der Waals surface area contributed by atoms with Crippen LogP contribution in [0.2, 0.25) is 0 Å². The average molecular weight is 426 g/mol. The van der Waals surface area contributed by atoms with Crippen LogP contribution >= 0.6 is 23.1 Å². The van der Waals surface area contributed by atoms with Crippen LogP contribution in [0.1, 0.15) is 50.2 Å². The summed E-state index contributed by atoms with van der Waals surface area (Å²) in [6.45, 7) is 8.97. The van der Waals surface area contributed by atoms with E-state index in [4.69, 9.17) is 4.52 Å². The Morgan fingerprint density at radius 3 is 2.55 bits per heavy atom. The van der Waals surface area contributed by atoms with Crippen molar-refractivity contribution in [3.8, 4) is 10.7 Å². The summed E-state index contributed by atoms with van der Waals surface area (Å²) in [5.74, 6) is 2.19. The molecule has 0 bridgehead atoms. The molecule has 3 heterocycles. The standard InChI is InChI=1S/C21H23N5OS2/c1-14(18-22-19(25-27-18)21(2,3)4)29-20-24-23-17(16-11-8-12-28-16)26(20)13-15-9-6-5-7-10-15/h5-12,14H,13H2,1-4H3/t14-/m1/s1. The van der Waals surface area contributed by atoms with Gasteiger partial charge in [0.25, 0.3) is 0 Å². The van der Waals surface area contributed by atoms with Crippen LogP contribution in [0.4, 0.5) is 0 Å². The lowest BCUT2D eigenvalue weighted by Gasteiger charge is -2.12. The number of hydrogen-bond donors (Lipinski definition) is 0. The fraction of sp³-hybridized carbons (Fsp3) is 0.333. The lowest BCUT2D eigenvalue weighted by atomic mass is 9.96. The van der Waals surface area contributed by atoms with E-state index in [1.54, 1.807) is 23.1 Å². The molecular weight excluding hydrogens is 402 g/mol. The highest BCUT2D eigenvalue weighted by atomic mass is 32.2. The average Bonchev–Trinajstić information content (AvgIpc) is 3.43. The smallest absolute Gasteiger partial charge is 0.239 e. The third-order valence-electron chi connectivity index (χ3n) is 4.38. The van der Waals surface area contributed by atoms with Crippen molar-refractivity contribution >= 4 is 23.1 Å². The van der Waals surface area contributed by atoms with E-state index < -0.39 is 0 Å². The summed E-state index contributed by atoms with van der Waals surface area (Å²) in [7, 11) is 0. The molecule has 0 aliphatic heterocycles. The van der Waals surface area contributed by atoms with Gasteiger partial charge in [-0.3, -0.25) is 4.57 Å². The molecule has 3 aromatic heterocycles. The Bertz CT molecular complexity index is 1060. The minimum absolute atomic E-state index is 0.0338. The number of nitrogens with zero attached hydrogens (tertiary/aromatic N) is 5. The van der Waals surface area contributed by atoms with Gasteiger partial charge < -0.3 is 4.52 Å². The summed E-state index contributed by atoms with van der Waals surface area (Å²) in [5, 5.41) is 16.0. The molecule has 0 radical (unpaired) electrons. The summed E-state index contributed by atoms with van der Waals surface area (Å²) in [6, 6.07) is 14.5. The van der Waals surface area contributed by atoms with E-state index in [1.807, 2.05) is 24.3 Å². The number of aromatic nitrogens is 5. The molecule has 0 aliphatic carbocycles. The van der Waals surface area contributed by atoms with Crippen molar-refractivity contribution in [2.24, 2.45) is 0 Å². The van der Waals surface area contributed by atoms with Gasteiger partial charge in [-0.15, -0.1) is 21.5 Å². The van der Waals surface area contributed by atoms with Crippen LogP contribution in [0.5, 0.6) is 0 Å². The fourth-order valence-electron chi connectivity index (χ4n) is 2.79. The Hall–Kier alpha value is -2.45. The first-order chi connectivity index (χ1) is 13.9. The third kappa shape index (κ3) is 4.43. The van der Waals surface area contributed by atoms with Crippen LogP contribution in [0.25, 0.3) is 10.7 Å². The normalized spacial score (nSPS) is 13.0. The largest absolute Gasteiger partial charge is 0.338 e. The Morgan fingerprint density at radius 1 is 1.10 bits per heavy atom. The molecule has 0 N–H and O–H groups in total. The van der Waals surface area contributed by atoms with Crippen molar-refractivity contribution < 1.29 is 4.52 Å². The van der Waals surface area contributed by atoms with Crippen molar-refractivity contribution in [1.29, 1.82) is 0 Å². The summed E-state index contributed by atoms with van der Waals surface area (Å²) >= 11 is 3.24. The molecule has 0 amide bonds. The van der Waals surface area contributed by atoms with Crippen LogP contribution < -0.4 is 0 Å². The van der Waals surface area contributed by atoms with Gasteiger partial charge in [-0.1, -0.05) is 74.1 Å². The maximum Gasteiger partial charge on any atom is 0.239 e. The second-order valence-electron chi connectivity index (χ2n) is 7.82. The van der Waals surface area contributed by atoms with Gasteiger partial charge in [-0.05, 0) is 23.9 Å². The van der Waals surface area contributed by atoms with Crippen molar-refractivity contribution in [1.82, 2.24) is 24.9 Å². The lowest BCUT2D eigenvalue weighted by Crippen LogP contribution is -2.13. The van der Waals surface area contributed by atoms with E-state index in [-0.39, 0.29) is 10.7 Å². The van der Waals surface area contributed by atoms with Gasteiger partial charge in [-0.2, -0.15) is 4.98 Å². The molecule has 4 aromatic rings. The summed E-state index contributed by atoms with van der Waals surface area (Å²) < 4.78 is 7.68. The zero-order valence-electron chi connectivity index (χ0n) is 16.9. The van der Waals surface area contributed by atoms with Crippen molar-refractivity contribution in [3.63, 3.8) is 0 Å².